The van der Waals surface area contributed by atoms with E-state index >= 15 is 0 Å². The van der Waals surface area contributed by atoms with Gasteiger partial charge in [0.1, 0.15) is 0 Å². The summed E-state index contributed by atoms with van der Waals surface area (Å²) in [6, 6.07) is 14.8. The predicted octanol–water partition coefficient (Wildman–Crippen LogP) is 3.54. The van der Waals surface area contributed by atoms with Gasteiger partial charge in [0.05, 0.1) is 17.6 Å². The molecule has 3 heteroatoms. The van der Waals surface area contributed by atoms with E-state index in [9.17, 15) is 0 Å². The van der Waals surface area contributed by atoms with E-state index < -0.39 is 0 Å². The topological polar surface area (TPSA) is 43.8 Å². The molecule has 0 saturated heterocycles. The van der Waals surface area contributed by atoms with E-state index in [1.165, 1.54) is 16.7 Å². The van der Waals surface area contributed by atoms with E-state index in [2.05, 4.69) is 59.8 Å². The molecule has 0 fully saturated rings. The van der Waals surface area contributed by atoms with Crippen LogP contribution < -0.4 is 5.73 Å². The van der Waals surface area contributed by atoms with Gasteiger partial charge in [-0.25, -0.2) is 4.98 Å². The molecular formula is C17H19N3. The minimum Gasteiger partial charge on any atom is -0.369 e. The molecule has 3 nitrogen and oxygen atoms in total. The third-order valence-corrected chi connectivity index (χ3v) is 3.76. The number of rotatable bonds is 3. The average molecular weight is 265 g/mol. The number of benzene rings is 2. The molecule has 1 heterocycles. The summed E-state index contributed by atoms with van der Waals surface area (Å²) < 4.78 is 2.09. The molecule has 0 aliphatic rings. The van der Waals surface area contributed by atoms with Crippen LogP contribution in [0.1, 0.15) is 23.6 Å². The zero-order chi connectivity index (χ0) is 14.1. The molecule has 0 amide bonds. The lowest BCUT2D eigenvalue weighted by molar-refractivity contribution is 0.824. The summed E-state index contributed by atoms with van der Waals surface area (Å²) in [5.41, 5.74) is 12.1. The Hall–Kier alpha value is -2.29. The summed E-state index contributed by atoms with van der Waals surface area (Å²) in [5.74, 6) is 0.580. The van der Waals surface area contributed by atoms with Crippen LogP contribution in [0.5, 0.6) is 0 Å². The highest BCUT2D eigenvalue weighted by molar-refractivity contribution is 5.79. The average Bonchev–Trinajstić information content (AvgIpc) is 2.76. The molecule has 0 radical (unpaired) electrons. The van der Waals surface area contributed by atoms with Crippen molar-refractivity contribution in [2.24, 2.45) is 0 Å². The quantitative estimate of drug-likeness (QED) is 0.787. The number of hydrogen-bond donors (Lipinski definition) is 1. The van der Waals surface area contributed by atoms with E-state index in [4.69, 9.17) is 5.73 Å². The molecule has 3 aromatic rings. The van der Waals surface area contributed by atoms with Crippen molar-refractivity contribution in [1.82, 2.24) is 9.55 Å². The van der Waals surface area contributed by atoms with Crippen LogP contribution in [0.2, 0.25) is 0 Å². The molecule has 2 aromatic carbocycles. The van der Waals surface area contributed by atoms with Gasteiger partial charge in [-0.2, -0.15) is 0 Å². The van der Waals surface area contributed by atoms with Crippen LogP contribution >= 0.6 is 0 Å². The fraction of sp³-hybridized carbons (Fsp3) is 0.235. The molecule has 1 aromatic heterocycles. The first-order chi connectivity index (χ1) is 9.69. The number of hydrogen-bond acceptors (Lipinski definition) is 2. The summed E-state index contributed by atoms with van der Waals surface area (Å²) in [6.45, 7) is 5.04. The van der Waals surface area contributed by atoms with Gasteiger partial charge in [0.25, 0.3) is 0 Å². The molecule has 0 unspecified atom stereocenters. The van der Waals surface area contributed by atoms with Gasteiger partial charge < -0.3 is 10.3 Å². The molecule has 3 rings (SSSR count). The first-order valence-electron chi connectivity index (χ1n) is 6.98. The van der Waals surface area contributed by atoms with Crippen LogP contribution in [0, 0.1) is 6.92 Å². The first kappa shape index (κ1) is 12.7. The van der Waals surface area contributed by atoms with E-state index in [0.29, 0.717) is 5.95 Å². The minimum atomic E-state index is 0.580. The number of anilines is 1. The van der Waals surface area contributed by atoms with Gasteiger partial charge >= 0.3 is 0 Å². The summed E-state index contributed by atoms with van der Waals surface area (Å²) in [4.78, 5) is 4.45. The Morgan fingerprint density at radius 1 is 1.10 bits per heavy atom. The van der Waals surface area contributed by atoms with Crippen molar-refractivity contribution in [2.45, 2.75) is 26.8 Å². The van der Waals surface area contributed by atoms with Crippen LogP contribution in [0.3, 0.4) is 0 Å². The van der Waals surface area contributed by atoms with Gasteiger partial charge in [-0.3, -0.25) is 0 Å². The van der Waals surface area contributed by atoms with Crippen molar-refractivity contribution < 1.29 is 0 Å². The third kappa shape index (κ3) is 2.16. The van der Waals surface area contributed by atoms with E-state index in [-0.39, 0.29) is 0 Å². The van der Waals surface area contributed by atoms with Crippen LogP contribution in [0.15, 0.2) is 42.5 Å². The Bertz CT molecular complexity index is 756. The summed E-state index contributed by atoms with van der Waals surface area (Å²) in [7, 11) is 0. The molecule has 2 N–H and O–H groups in total. The van der Waals surface area contributed by atoms with Crippen LogP contribution in [-0.4, -0.2) is 9.55 Å². The van der Waals surface area contributed by atoms with Crippen LogP contribution in [0.25, 0.3) is 11.0 Å². The zero-order valence-electron chi connectivity index (χ0n) is 11.9. The number of aromatic nitrogens is 2. The molecule has 0 bridgehead atoms. The maximum Gasteiger partial charge on any atom is 0.201 e. The SMILES string of the molecule is CCc1ccccc1Cn1c(N)nc2ccc(C)cc21. The summed E-state index contributed by atoms with van der Waals surface area (Å²) >= 11 is 0. The standard InChI is InChI=1S/C17H19N3/c1-3-13-6-4-5-7-14(13)11-20-16-10-12(2)8-9-15(16)19-17(20)18/h4-10H,3,11H2,1-2H3,(H2,18,19). The monoisotopic (exact) mass is 265 g/mol. The second kappa shape index (κ2) is 5.00. The zero-order valence-corrected chi connectivity index (χ0v) is 11.9. The van der Waals surface area contributed by atoms with Gasteiger partial charge in [-0.1, -0.05) is 37.3 Å². The molecule has 0 aliphatic carbocycles. The van der Waals surface area contributed by atoms with Gasteiger partial charge in [-0.15, -0.1) is 0 Å². The highest BCUT2D eigenvalue weighted by Crippen LogP contribution is 2.22. The van der Waals surface area contributed by atoms with E-state index in [1.54, 1.807) is 0 Å². The largest absolute Gasteiger partial charge is 0.369 e. The second-order valence-corrected chi connectivity index (χ2v) is 5.17. The number of fused-ring (bicyclic) bond motifs is 1. The Morgan fingerprint density at radius 3 is 2.60 bits per heavy atom. The van der Waals surface area contributed by atoms with E-state index in [1.807, 2.05) is 6.07 Å². The number of nitrogens with zero attached hydrogens (tertiary/aromatic N) is 2. The fourth-order valence-corrected chi connectivity index (χ4v) is 2.64. The minimum absolute atomic E-state index is 0.580. The van der Waals surface area contributed by atoms with E-state index in [0.717, 1.165) is 24.0 Å². The van der Waals surface area contributed by atoms with Crippen molar-refractivity contribution in [3.63, 3.8) is 0 Å². The Morgan fingerprint density at radius 2 is 1.85 bits per heavy atom. The highest BCUT2D eigenvalue weighted by atomic mass is 15.1. The molecule has 0 saturated carbocycles. The lowest BCUT2D eigenvalue weighted by Crippen LogP contribution is -2.06. The highest BCUT2D eigenvalue weighted by Gasteiger charge is 2.10. The molecule has 20 heavy (non-hydrogen) atoms. The summed E-state index contributed by atoms with van der Waals surface area (Å²) in [6.07, 6.45) is 1.03. The molecule has 0 atom stereocenters. The Kier molecular flexibility index (Phi) is 3.18. The second-order valence-electron chi connectivity index (χ2n) is 5.17. The van der Waals surface area contributed by atoms with Crippen molar-refractivity contribution in [3.05, 3.63) is 59.2 Å². The normalized spacial score (nSPS) is 11.1. The lowest BCUT2D eigenvalue weighted by Gasteiger charge is -2.11. The first-order valence-corrected chi connectivity index (χ1v) is 6.98. The lowest BCUT2D eigenvalue weighted by atomic mass is 10.1. The number of nitrogen functional groups attached to an aromatic ring is 1. The van der Waals surface area contributed by atoms with Crippen molar-refractivity contribution in [3.8, 4) is 0 Å². The molecule has 0 spiro atoms. The van der Waals surface area contributed by atoms with Crippen molar-refractivity contribution in [2.75, 3.05) is 5.73 Å². The Balaban J connectivity index is 2.10. The maximum absolute atomic E-state index is 6.09. The maximum atomic E-state index is 6.09. The number of aryl methyl sites for hydroxylation is 2. The third-order valence-electron chi connectivity index (χ3n) is 3.76. The fourth-order valence-electron chi connectivity index (χ4n) is 2.64. The molecule has 102 valence electrons. The Labute approximate surface area is 119 Å². The number of nitrogens with two attached hydrogens (primary N) is 1. The molecule has 0 aliphatic heterocycles. The van der Waals surface area contributed by atoms with Gasteiger partial charge in [0.2, 0.25) is 5.95 Å². The van der Waals surface area contributed by atoms with Gasteiger partial charge in [0, 0.05) is 0 Å². The van der Waals surface area contributed by atoms with Crippen LogP contribution in [-0.2, 0) is 13.0 Å². The van der Waals surface area contributed by atoms with Crippen molar-refractivity contribution in [1.29, 1.82) is 0 Å². The summed E-state index contributed by atoms with van der Waals surface area (Å²) in [5, 5.41) is 0. The number of imidazole rings is 1. The molecular weight excluding hydrogens is 246 g/mol. The van der Waals surface area contributed by atoms with Gasteiger partial charge in [-0.05, 0) is 42.2 Å². The van der Waals surface area contributed by atoms with Gasteiger partial charge in [0.15, 0.2) is 0 Å². The predicted molar refractivity (Wildman–Crippen MR) is 83.8 cm³/mol. The smallest absolute Gasteiger partial charge is 0.201 e. The van der Waals surface area contributed by atoms with Crippen LogP contribution in [0.4, 0.5) is 5.95 Å². The van der Waals surface area contributed by atoms with Crippen molar-refractivity contribution >= 4 is 17.0 Å².